The number of fused-ring (bicyclic) bond motifs is 1. The number of amides is 1. The minimum atomic E-state index is -0.0221. The first-order chi connectivity index (χ1) is 14.0. The standard InChI is InChI=1S/C22H32N4O2S/c1-4-25-12-10-17(11-13-25)23-20(27)15-29-22-24-19-8-6-5-7-18(19)21(28)26(22)14-9-16(2)3/h5-8,16-17H,4,9-15H2,1-3H3,(H,23,27). The summed E-state index contributed by atoms with van der Waals surface area (Å²) in [6.07, 6.45) is 2.89. The zero-order valence-corrected chi connectivity index (χ0v) is 18.5. The summed E-state index contributed by atoms with van der Waals surface area (Å²) in [6.45, 7) is 10.2. The van der Waals surface area contributed by atoms with Crippen LogP contribution in [0.1, 0.15) is 40.0 Å². The second-order valence-electron chi connectivity index (χ2n) is 8.12. The Morgan fingerprint density at radius 1 is 1.28 bits per heavy atom. The highest BCUT2D eigenvalue weighted by Gasteiger charge is 2.20. The van der Waals surface area contributed by atoms with Crippen LogP contribution in [0, 0.1) is 5.92 Å². The lowest BCUT2D eigenvalue weighted by Crippen LogP contribution is -2.45. The highest BCUT2D eigenvalue weighted by molar-refractivity contribution is 7.99. The molecule has 29 heavy (non-hydrogen) atoms. The number of hydrogen-bond acceptors (Lipinski definition) is 5. The molecule has 3 rings (SSSR count). The molecule has 1 saturated heterocycles. The number of benzene rings is 1. The van der Waals surface area contributed by atoms with Gasteiger partial charge in [-0.1, -0.05) is 44.7 Å². The van der Waals surface area contributed by atoms with Gasteiger partial charge in [0.25, 0.3) is 5.56 Å². The lowest BCUT2D eigenvalue weighted by molar-refractivity contribution is -0.119. The highest BCUT2D eigenvalue weighted by Crippen LogP contribution is 2.19. The predicted octanol–water partition coefficient (Wildman–Crippen LogP) is 3.14. The van der Waals surface area contributed by atoms with Crippen molar-refractivity contribution < 1.29 is 4.79 Å². The fourth-order valence-corrected chi connectivity index (χ4v) is 4.47. The number of nitrogens with zero attached hydrogens (tertiary/aromatic N) is 3. The van der Waals surface area contributed by atoms with Gasteiger partial charge in [-0.15, -0.1) is 0 Å². The molecule has 2 heterocycles. The van der Waals surface area contributed by atoms with Gasteiger partial charge >= 0.3 is 0 Å². The van der Waals surface area contributed by atoms with E-state index in [9.17, 15) is 9.59 Å². The number of thioether (sulfide) groups is 1. The maximum absolute atomic E-state index is 13.0. The minimum absolute atomic E-state index is 0.0164. The molecule has 1 aliphatic rings. The molecular weight excluding hydrogens is 384 g/mol. The van der Waals surface area contributed by atoms with Crippen molar-refractivity contribution in [3.05, 3.63) is 34.6 Å². The summed E-state index contributed by atoms with van der Waals surface area (Å²) >= 11 is 1.36. The molecule has 0 unspecified atom stereocenters. The third-order valence-electron chi connectivity index (χ3n) is 5.49. The molecule has 0 spiro atoms. The van der Waals surface area contributed by atoms with Crippen LogP contribution in [0.5, 0.6) is 0 Å². The zero-order chi connectivity index (χ0) is 20.8. The van der Waals surface area contributed by atoms with Crippen LogP contribution in [0.4, 0.5) is 0 Å². The Balaban J connectivity index is 1.69. The first-order valence-corrected chi connectivity index (χ1v) is 11.6. The fourth-order valence-electron chi connectivity index (χ4n) is 3.64. The Labute approximate surface area is 177 Å². The maximum atomic E-state index is 13.0. The maximum Gasteiger partial charge on any atom is 0.262 e. The third-order valence-corrected chi connectivity index (χ3v) is 6.47. The van der Waals surface area contributed by atoms with Crippen molar-refractivity contribution in [2.75, 3.05) is 25.4 Å². The van der Waals surface area contributed by atoms with Gasteiger partial charge in [0.15, 0.2) is 5.16 Å². The topological polar surface area (TPSA) is 67.2 Å². The Morgan fingerprint density at radius 3 is 2.69 bits per heavy atom. The van der Waals surface area contributed by atoms with Crippen LogP contribution in [-0.4, -0.2) is 51.8 Å². The van der Waals surface area contributed by atoms with Gasteiger partial charge in [-0.3, -0.25) is 14.2 Å². The molecule has 0 bridgehead atoms. The van der Waals surface area contributed by atoms with E-state index in [2.05, 4.69) is 31.0 Å². The van der Waals surface area contributed by atoms with Crippen molar-refractivity contribution >= 4 is 28.6 Å². The summed E-state index contributed by atoms with van der Waals surface area (Å²) in [5.41, 5.74) is 0.666. The van der Waals surface area contributed by atoms with Crippen LogP contribution in [0.2, 0.25) is 0 Å². The molecule has 158 valence electrons. The molecule has 2 aromatic rings. The van der Waals surface area contributed by atoms with Crippen LogP contribution in [0.25, 0.3) is 10.9 Å². The number of para-hydroxylation sites is 1. The first-order valence-electron chi connectivity index (χ1n) is 10.6. The largest absolute Gasteiger partial charge is 0.353 e. The number of likely N-dealkylation sites (tertiary alicyclic amines) is 1. The second-order valence-corrected chi connectivity index (χ2v) is 9.06. The van der Waals surface area contributed by atoms with Crippen LogP contribution >= 0.6 is 11.8 Å². The normalized spacial score (nSPS) is 15.9. The molecule has 1 amide bonds. The smallest absolute Gasteiger partial charge is 0.262 e. The second kappa shape index (κ2) is 10.3. The zero-order valence-electron chi connectivity index (χ0n) is 17.7. The summed E-state index contributed by atoms with van der Waals surface area (Å²) in [6, 6.07) is 7.67. The van der Waals surface area contributed by atoms with Gasteiger partial charge in [0.05, 0.1) is 16.7 Å². The number of carbonyl (C=O) groups excluding carboxylic acids is 1. The SMILES string of the molecule is CCN1CCC(NC(=O)CSc2nc3ccccc3c(=O)n2CCC(C)C)CC1. The molecular formula is C22H32N4O2S. The van der Waals surface area contributed by atoms with Crippen molar-refractivity contribution in [1.82, 2.24) is 19.8 Å². The molecule has 1 aromatic carbocycles. The molecule has 0 saturated carbocycles. The lowest BCUT2D eigenvalue weighted by atomic mass is 10.1. The molecule has 1 fully saturated rings. The van der Waals surface area contributed by atoms with Crippen LogP contribution in [0.3, 0.4) is 0 Å². The Hall–Kier alpha value is -1.86. The van der Waals surface area contributed by atoms with Crippen molar-refractivity contribution in [2.24, 2.45) is 5.92 Å². The monoisotopic (exact) mass is 416 g/mol. The Morgan fingerprint density at radius 2 is 2.00 bits per heavy atom. The molecule has 7 heteroatoms. The summed E-state index contributed by atoms with van der Waals surface area (Å²) in [5.74, 6) is 0.784. The van der Waals surface area contributed by atoms with E-state index in [1.165, 1.54) is 11.8 Å². The number of nitrogens with one attached hydrogen (secondary N) is 1. The van der Waals surface area contributed by atoms with Gasteiger partial charge in [-0.05, 0) is 43.9 Å². The van der Waals surface area contributed by atoms with Gasteiger partial charge in [0, 0.05) is 25.7 Å². The number of piperidine rings is 1. The minimum Gasteiger partial charge on any atom is -0.353 e. The molecule has 1 aliphatic heterocycles. The number of carbonyl (C=O) groups is 1. The Kier molecular flexibility index (Phi) is 7.72. The van der Waals surface area contributed by atoms with Gasteiger partial charge in [-0.2, -0.15) is 0 Å². The first kappa shape index (κ1) is 21.8. The molecule has 1 N–H and O–H groups in total. The van der Waals surface area contributed by atoms with Crippen LogP contribution in [0.15, 0.2) is 34.2 Å². The van der Waals surface area contributed by atoms with Gasteiger partial charge in [0.1, 0.15) is 0 Å². The number of hydrogen-bond donors (Lipinski definition) is 1. The van der Waals surface area contributed by atoms with E-state index in [0.29, 0.717) is 28.5 Å². The average molecular weight is 417 g/mol. The van der Waals surface area contributed by atoms with Gasteiger partial charge < -0.3 is 10.2 Å². The summed E-state index contributed by atoms with van der Waals surface area (Å²) in [5, 5.41) is 4.42. The van der Waals surface area contributed by atoms with E-state index in [-0.39, 0.29) is 23.3 Å². The van der Waals surface area contributed by atoms with E-state index in [0.717, 1.165) is 38.9 Å². The van der Waals surface area contributed by atoms with Gasteiger partial charge in [-0.25, -0.2) is 4.98 Å². The molecule has 0 aliphatic carbocycles. The average Bonchev–Trinajstić information content (AvgIpc) is 2.72. The van der Waals surface area contributed by atoms with Crippen molar-refractivity contribution in [3.63, 3.8) is 0 Å². The molecule has 1 aromatic heterocycles. The molecule has 0 atom stereocenters. The summed E-state index contributed by atoms with van der Waals surface area (Å²) in [7, 11) is 0. The van der Waals surface area contributed by atoms with E-state index < -0.39 is 0 Å². The molecule has 6 nitrogen and oxygen atoms in total. The number of aromatic nitrogens is 2. The fraction of sp³-hybridized carbons (Fsp3) is 0.591. The van der Waals surface area contributed by atoms with Crippen LogP contribution < -0.4 is 10.9 Å². The Bertz CT molecular complexity index is 888. The third kappa shape index (κ3) is 5.82. The van der Waals surface area contributed by atoms with Gasteiger partial charge in [0.2, 0.25) is 5.91 Å². The van der Waals surface area contributed by atoms with E-state index in [4.69, 9.17) is 4.98 Å². The predicted molar refractivity (Wildman–Crippen MR) is 119 cm³/mol. The van der Waals surface area contributed by atoms with Crippen LogP contribution in [-0.2, 0) is 11.3 Å². The van der Waals surface area contributed by atoms with E-state index in [1.54, 1.807) is 4.57 Å². The highest BCUT2D eigenvalue weighted by atomic mass is 32.2. The quantitative estimate of drug-likeness (QED) is 0.529. The van der Waals surface area contributed by atoms with Crippen molar-refractivity contribution in [2.45, 2.75) is 57.8 Å². The van der Waals surface area contributed by atoms with E-state index in [1.807, 2.05) is 24.3 Å². The summed E-state index contributed by atoms with van der Waals surface area (Å²) < 4.78 is 1.74. The number of rotatable bonds is 8. The lowest BCUT2D eigenvalue weighted by Gasteiger charge is -2.31. The summed E-state index contributed by atoms with van der Waals surface area (Å²) in [4.78, 5) is 32.6. The van der Waals surface area contributed by atoms with Crippen molar-refractivity contribution in [3.8, 4) is 0 Å². The van der Waals surface area contributed by atoms with E-state index >= 15 is 0 Å². The van der Waals surface area contributed by atoms with Crippen molar-refractivity contribution in [1.29, 1.82) is 0 Å². The molecule has 0 radical (unpaired) electrons.